The number of hydrogen-bond donors (Lipinski definition) is 0. The Morgan fingerprint density at radius 2 is 2.00 bits per heavy atom. The zero-order chi connectivity index (χ0) is 18.6. The molecule has 27 heavy (non-hydrogen) atoms. The Hall–Kier alpha value is -2.96. The topological polar surface area (TPSA) is 75.6 Å². The summed E-state index contributed by atoms with van der Waals surface area (Å²) in [5.74, 6) is 0.272. The lowest BCUT2D eigenvalue weighted by molar-refractivity contribution is -0.138. The van der Waals surface area contributed by atoms with E-state index < -0.39 is 0 Å². The van der Waals surface area contributed by atoms with Crippen molar-refractivity contribution in [1.29, 1.82) is 0 Å². The first-order valence-corrected chi connectivity index (χ1v) is 9.27. The summed E-state index contributed by atoms with van der Waals surface area (Å²) >= 11 is 0. The van der Waals surface area contributed by atoms with E-state index in [2.05, 4.69) is 9.97 Å². The molecule has 0 radical (unpaired) electrons. The fourth-order valence-corrected chi connectivity index (χ4v) is 3.74. The number of amides is 2. The van der Waals surface area contributed by atoms with Crippen LogP contribution in [0.1, 0.15) is 19.3 Å². The quantitative estimate of drug-likeness (QED) is 0.826. The summed E-state index contributed by atoms with van der Waals surface area (Å²) in [6.07, 6.45) is 5.03. The van der Waals surface area contributed by atoms with Crippen molar-refractivity contribution in [2.24, 2.45) is 5.92 Å². The highest BCUT2D eigenvalue weighted by molar-refractivity contribution is 6.00. The van der Waals surface area contributed by atoms with Crippen LogP contribution in [0, 0.1) is 5.92 Å². The van der Waals surface area contributed by atoms with Crippen LogP contribution in [0.4, 0.5) is 5.69 Å². The Balaban J connectivity index is 1.38. The number of piperidine rings is 1. The van der Waals surface area contributed by atoms with Gasteiger partial charge in [-0.1, -0.05) is 18.2 Å². The number of carbonyl (C=O) groups is 2. The molecular formula is C20H22N4O3. The Morgan fingerprint density at radius 3 is 2.78 bits per heavy atom. The highest BCUT2D eigenvalue weighted by atomic mass is 16.5. The first-order chi connectivity index (χ1) is 13.2. The monoisotopic (exact) mass is 366 g/mol. The van der Waals surface area contributed by atoms with Gasteiger partial charge in [0, 0.05) is 37.5 Å². The predicted octanol–water partition coefficient (Wildman–Crippen LogP) is 1.90. The minimum absolute atomic E-state index is 0.00495. The number of likely N-dealkylation sites (tertiary alicyclic amines) is 1. The van der Waals surface area contributed by atoms with E-state index in [0.29, 0.717) is 25.5 Å². The summed E-state index contributed by atoms with van der Waals surface area (Å²) < 4.78 is 5.89. The van der Waals surface area contributed by atoms with E-state index in [4.69, 9.17) is 4.74 Å². The van der Waals surface area contributed by atoms with E-state index in [0.717, 1.165) is 18.5 Å². The average molecular weight is 366 g/mol. The summed E-state index contributed by atoms with van der Waals surface area (Å²) in [4.78, 5) is 36.9. The molecule has 1 aromatic carbocycles. The molecule has 2 aliphatic heterocycles. The van der Waals surface area contributed by atoms with Crippen LogP contribution >= 0.6 is 0 Å². The molecule has 0 bridgehead atoms. The second kappa shape index (κ2) is 7.73. The van der Waals surface area contributed by atoms with Crippen LogP contribution < -0.4 is 9.64 Å². The third-order valence-electron chi connectivity index (χ3n) is 5.07. The first-order valence-electron chi connectivity index (χ1n) is 9.27. The fraction of sp³-hybridized carbons (Fsp3) is 0.400. The molecule has 0 spiro atoms. The maximum atomic E-state index is 13.0. The molecule has 2 atom stereocenters. The van der Waals surface area contributed by atoms with Crippen LogP contribution in [0.25, 0.3) is 0 Å². The average Bonchev–Trinajstić information content (AvgIpc) is 3.11. The Morgan fingerprint density at radius 1 is 1.15 bits per heavy atom. The molecule has 4 rings (SSSR count). The van der Waals surface area contributed by atoms with Gasteiger partial charge in [-0.25, -0.2) is 9.97 Å². The van der Waals surface area contributed by atoms with Crippen molar-refractivity contribution in [3.8, 4) is 5.88 Å². The van der Waals surface area contributed by atoms with E-state index in [1.165, 1.54) is 6.33 Å². The SMILES string of the molecule is O=C(C1CC(=O)N(c2ccccc2)C1)N1CCCC(Oc2ccncn2)C1. The number of aromatic nitrogens is 2. The molecule has 2 aromatic rings. The van der Waals surface area contributed by atoms with Crippen LogP contribution in [0.3, 0.4) is 0 Å². The summed E-state index contributed by atoms with van der Waals surface area (Å²) in [6.45, 7) is 1.67. The van der Waals surface area contributed by atoms with Gasteiger partial charge in [0.1, 0.15) is 12.4 Å². The summed E-state index contributed by atoms with van der Waals surface area (Å²) in [6, 6.07) is 11.2. The van der Waals surface area contributed by atoms with Crippen molar-refractivity contribution < 1.29 is 14.3 Å². The van der Waals surface area contributed by atoms with Gasteiger partial charge >= 0.3 is 0 Å². The maximum Gasteiger partial charge on any atom is 0.228 e. The number of rotatable bonds is 4. The number of benzene rings is 1. The van der Waals surface area contributed by atoms with Crippen molar-refractivity contribution in [3.05, 3.63) is 48.9 Å². The molecule has 1 aromatic heterocycles. The molecule has 2 aliphatic rings. The summed E-state index contributed by atoms with van der Waals surface area (Å²) in [7, 11) is 0. The number of anilines is 1. The predicted molar refractivity (Wildman–Crippen MR) is 99.2 cm³/mol. The molecule has 2 saturated heterocycles. The molecule has 2 fully saturated rings. The van der Waals surface area contributed by atoms with Crippen LogP contribution in [0.5, 0.6) is 5.88 Å². The van der Waals surface area contributed by atoms with Gasteiger partial charge in [0.15, 0.2) is 0 Å². The Labute approximate surface area is 158 Å². The minimum Gasteiger partial charge on any atom is -0.472 e. The van der Waals surface area contributed by atoms with Crippen LogP contribution in [-0.4, -0.2) is 52.4 Å². The van der Waals surface area contributed by atoms with Gasteiger partial charge in [-0.15, -0.1) is 0 Å². The van der Waals surface area contributed by atoms with Gasteiger partial charge in [-0.3, -0.25) is 9.59 Å². The lowest BCUT2D eigenvalue weighted by Gasteiger charge is -2.34. The Kier molecular flexibility index (Phi) is 5.00. The molecule has 3 heterocycles. The van der Waals surface area contributed by atoms with Gasteiger partial charge < -0.3 is 14.5 Å². The second-order valence-electron chi connectivity index (χ2n) is 6.95. The maximum absolute atomic E-state index is 13.0. The smallest absolute Gasteiger partial charge is 0.228 e. The summed E-state index contributed by atoms with van der Waals surface area (Å²) in [5, 5.41) is 0. The molecule has 140 valence electrons. The standard InChI is InChI=1S/C20H22N4O3/c25-19-11-15(12-24(19)16-5-2-1-3-6-16)20(26)23-10-4-7-17(13-23)27-18-8-9-21-14-22-18/h1-3,5-6,8-9,14-15,17H,4,7,10-13H2. The van der Waals surface area contributed by atoms with Gasteiger partial charge in [-0.05, 0) is 25.0 Å². The molecule has 7 nitrogen and oxygen atoms in total. The third-order valence-corrected chi connectivity index (χ3v) is 5.07. The van der Waals surface area contributed by atoms with E-state index in [-0.39, 0.29) is 30.3 Å². The van der Waals surface area contributed by atoms with Crippen molar-refractivity contribution in [2.45, 2.75) is 25.4 Å². The number of para-hydroxylation sites is 1. The van der Waals surface area contributed by atoms with Crippen molar-refractivity contribution in [3.63, 3.8) is 0 Å². The van der Waals surface area contributed by atoms with Gasteiger partial charge in [0.25, 0.3) is 0 Å². The number of carbonyl (C=O) groups excluding carboxylic acids is 2. The molecule has 0 N–H and O–H groups in total. The number of ether oxygens (including phenoxy) is 1. The first kappa shape index (κ1) is 17.5. The van der Waals surface area contributed by atoms with Crippen molar-refractivity contribution >= 4 is 17.5 Å². The van der Waals surface area contributed by atoms with Crippen LogP contribution in [-0.2, 0) is 9.59 Å². The second-order valence-corrected chi connectivity index (χ2v) is 6.95. The molecule has 2 amide bonds. The van der Waals surface area contributed by atoms with Crippen LogP contribution in [0.2, 0.25) is 0 Å². The van der Waals surface area contributed by atoms with Crippen molar-refractivity contribution in [2.75, 3.05) is 24.5 Å². The van der Waals surface area contributed by atoms with Gasteiger partial charge in [-0.2, -0.15) is 0 Å². The molecular weight excluding hydrogens is 344 g/mol. The van der Waals surface area contributed by atoms with Gasteiger partial charge in [0.05, 0.1) is 12.5 Å². The van der Waals surface area contributed by atoms with E-state index in [1.807, 2.05) is 35.2 Å². The highest BCUT2D eigenvalue weighted by Gasteiger charge is 2.38. The van der Waals surface area contributed by atoms with Crippen molar-refractivity contribution in [1.82, 2.24) is 14.9 Å². The molecule has 0 saturated carbocycles. The minimum atomic E-state index is -0.296. The van der Waals surface area contributed by atoms with E-state index in [9.17, 15) is 9.59 Å². The Bertz CT molecular complexity index is 799. The largest absolute Gasteiger partial charge is 0.472 e. The zero-order valence-corrected chi connectivity index (χ0v) is 15.0. The lowest BCUT2D eigenvalue weighted by atomic mass is 10.0. The number of hydrogen-bond acceptors (Lipinski definition) is 5. The van der Waals surface area contributed by atoms with Crippen LogP contribution in [0.15, 0.2) is 48.9 Å². The van der Waals surface area contributed by atoms with Gasteiger partial charge in [0.2, 0.25) is 17.7 Å². The molecule has 0 aliphatic carbocycles. The normalized spacial score (nSPS) is 22.7. The van der Waals surface area contributed by atoms with E-state index in [1.54, 1.807) is 17.2 Å². The highest BCUT2D eigenvalue weighted by Crippen LogP contribution is 2.27. The number of nitrogens with zero attached hydrogens (tertiary/aromatic N) is 4. The summed E-state index contributed by atoms with van der Waals surface area (Å²) in [5.41, 5.74) is 0.849. The lowest BCUT2D eigenvalue weighted by Crippen LogP contribution is -2.47. The molecule has 7 heteroatoms. The molecule has 2 unspecified atom stereocenters. The third kappa shape index (κ3) is 3.92. The zero-order valence-electron chi connectivity index (χ0n) is 15.0. The van der Waals surface area contributed by atoms with E-state index >= 15 is 0 Å². The fourth-order valence-electron chi connectivity index (χ4n) is 3.74.